The van der Waals surface area contributed by atoms with Crippen molar-refractivity contribution in [2.75, 3.05) is 19.8 Å². The van der Waals surface area contributed by atoms with Gasteiger partial charge in [-0.1, -0.05) is 37.3 Å². The van der Waals surface area contributed by atoms with E-state index in [2.05, 4.69) is 5.32 Å². The molecule has 0 aliphatic rings. The number of carbonyl (C=O) groups excluding carboxylic acids is 2. The first-order chi connectivity index (χ1) is 8.24. The zero-order valence-corrected chi connectivity index (χ0v) is 9.94. The van der Waals surface area contributed by atoms with Crippen molar-refractivity contribution in [3.63, 3.8) is 0 Å². The van der Waals surface area contributed by atoms with Crippen LogP contribution >= 0.6 is 0 Å². The molecule has 0 heterocycles. The van der Waals surface area contributed by atoms with E-state index >= 15 is 0 Å². The van der Waals surface area contributed by atoms with Crippen LogP contribution in [0.3, 0.4) is 0 Å². The maximum absolute atomic E-state index is 11.6. The van der Waals surface area contributed by atoms with Gasteiger partial charge in [0.15, 0.2) is 5.78 Å². The lowest BCUT2D eigenvalue weighted by molar-refractivity contribution is -0.125. The van der Waals surface area contributed by atoms with Crippen LogP contribution in [0.25, 0.3) is 0 Å². The molecule has 0 bridgehead atoms. The van der Waals surface area contributed by atoms with Gasteiger partial charge in [0.25, 0.3) is 0 Å². The molecule has 0 aliphatic carbocycles. The van der Waals surface area contributed by atoms with Crippen LogP contribution in [0.5, 0.6) is 0 Å². The van der Waals surface area contributed by atoms with Gasteiger partial charge in [-0.3, -0.25) is 9.59 Å². The smallest absolute Gasteiger partial charge is 0.246 e. The van der Waals surface area contributed by atoms with Crippen molar-refractivity contribution in [1.29, 1.82) is 0 Å². The molecule has 0 aliphatic heterocycles. The third-order valence-corrected chi connectivity index (χ3v) is 2.12. The van der Waals surface area contributed by atoms with Crippen molar-refractivity contribution in [2.24, 2.45) is 0 Å². The van der Waals surface area contributed by atoms with Gasteiger partial charge >= 0.3 is 0 Å². The Morgan fingerprint density at radius 3 is 2.59 bits per heavy atom. The monoisotopic (exact) mass is 235 g/mol. The molecule has 1 aromatic rings. The SMILES string of the molecule is CCCOCC(=O)NCC(=O)c1ccccc1. The molecular formula is C13H17NO3. The predicted octanol–water partition coefficient (Wildman–Crippen LogP) is 1.41. The summed E-state index contributed by atoms with van der Waals surface area (Å²) in [6, 6.07) is 8.87. The molecule has 1 rings (SSSR count). The molecule has 0 saturated carbocycles. The second-order valence-corrected chi connectivity index (χ2v) is 3.62. The number of benzene rings is 1. The zero-order valence-electron chi connectivity index (χ0n) is 9.94. The molecule has 0 saturated heterocycles. The summed E-state index contributed by atoms with van der Waals surface area (Å²) in [7, 11) is 0. The molecule has 0 radical (unpaired) electrons. The van der Waals surface area contributed by atoms with Crippen LogP contribution in [0, 0.1) is 0 Å². The van der Waals surface area contributed by atoms with Gasteiger partial charge in [-0.25, -0.2) is 0 Å². The van der Waals surface area contributed by atoms with Crippen LogP contribution in [0.2, 0.25) is 0 Å². The van der Waals surface area contributed by atoms with Gasteiger partial charge in [0.2, 0.25) is 5.91 Å². The predicted molar refractivity (Wildman–Crippen MR) is 64.9 cm³/mol. The summed E-state index contributed by atoms with van der Waals surface area (Å²) in [5, 5.41) is 2.53. The van der Waals surface area contributed by atoms with Gasteiger partial charge in [-0.2, -0.15) is 0 Å². The summed E-state index contributed by atoms with van der Waals surface area (Å²) in [6.07, 6.45) is 0.871. The number of hydrogen-bond donors (Lipinski definition) is 1. The van der Waals surface area contributed by atoms with Crippen LogP contribution in [0.4, 0.5) is 0 Å². The molecule has 17 heavy (non-hydrogen) atoms. The lowest BCUT2D eigenvalue weighted by Crippen LogP contribution is -2.32. The van der Waals surface area contributed by atoms with Gasteiger partial charge in [0.1, 0.15) is 6.61 Å². The van der Waals surface area contributed by atoms with Crippen molar-refractivity contribution in [3.8, 4) is 0 Å². The Morgan fingerprint density at radius 1 is 1.24 bits per heavy atom. The molecule has 0 atom stereocenters. The minimum Gasteiger partial charge on any atom is -0.372 e. The lowest BCUT2D eigenvalue weighted by Gasteiger charge is -2.05. The second-order valence-electron chi connectivity index (χ2n) is 3.62. The molecule has 0 spiro atoms. The molecule has 1 aromatic carbocycles. The molecule has 0 unspecified atom stereocenters. The maximum Gasteiger partial charge on any atom is 0.246 e. The van der Waals surface area contributed by atoms with E-state index in [1.165, 1.54) is 0 Å². The fourth-order valence-electron chi connectivity index (χ4n) is 1.27. The normalized spacial score (nSPS) is 9.94. The summed E-state index contributed by atoms with van der Waals surface area (Å²) in [4.78, 5) is 22.9. The summed E-state index contributed by atoms with van der Waals surface area (Å²) in [5.41, 5.74) is 0.599. The molecule has 0 fully saturated rings. The number of hydrogen-bond acceptors (Lipinski definition) is 3. The number of rotatable bonds is 7. The highest BCUT2D eigenvalue weighted by Crippen LogP contribution is 1.98. The van der Waals surface area contributed by atoms with Crippen LogP contribution in [0.15, 0.2) is 30.3 Å². The van der Waals surface area contributed by atoms with Crippen LogP contribution < -0.4 is 5.32 Å². The van der Waals surface area contributed by atoms with E-state index in [0.717, 1.165) is 6.42 Å². The van der Waals surface area contributed by atoms with Crippen molar-refractivity contribution < 1.29 is 14.3 Å². The molecule has 4 heteroatoms. The molecular weight excluding hydrogens is 218 g/mol. The highest BCUT2D eigenvalue weighted by Gasteiger charge is 2.07. The van der Waals surface area contributed by atoms with E-state index in [4.69, 9.17) is 4.74 Å². The summed E-state index contributed by atoms with van der Waals surface area (Å²) >= 11 is 0. The first-order valence-corrected chi connectivity index (χ1v) is 5.66. The molecule has 1 amide bonds. The number of Topliss-reactive ketones (excluding diaryl/α,β-unsaturated/α-hetero) is 1. The Hall–Kier alpha value is -1.68. The third-order valence-electron chi connectivity index (χ3n) is 2.12. The standard InChI is InChI=1S/C13H17NO3/c1-2-8-17-10-13(16)14-9-12(15)11-6-4-3-5-7-11/h3-7H,2,8-10H2,1H3,(H,14,16). The fraction of sp³-hybridized carbons (Fsp3) is 0.385. The Balaban J connectivity index is 2.26. The topological polar surface area (TPSA) is 55.4 Å². The Bertz CT molecular complexity index is 362. The highest BCUT2D eigenvalue weighted by molar-refractivity contribution is 5.99. The van der Waals surface area contributed by atoms with Crippen molar-refractivity contribution in [2.45, 2.75) is 13.3 Å². The summed E-state index contributed by atoms with van der Waals surface area (Å²) in [6.45, 7) is 2.55. The number of ether oxygens (including phenoxy) is 1. The highest BCUT2D eigenvalue weighted by atomic mass is 16.5. The van der Waals surface area contributed by atoms with Gasteiger partial charge in [-0.05, 0) is 6.42 Å². The molecule has 0 aromatic heterocycles. The number of carbonyl (C=O) groups is 2. The van der Waals surface area contributed by atoms with E-state index < -0.39 is 0 Å². The van der Waals surface area contributed by atoms with E-state index in [0.29, 0.717) is 12.2 Å². The number of ketones is 1. The number of amides is 1. The van der Waals surface area contributed by atoms with Gasteiger partial charge in [0.05, 0.1) is 6.54 Å². The Kier molecular flexibility index (Phi) is 5.96. The van der Waals surface area contributed by atoms with Crippen LogP contribution in [-0.4, -0.2) is 31.4 Å². The lowest BCUT2D eigenvalue weighted by atomic mass is 10.1. The molecule has 1 N–H and O–H groups in total. The maximum atomic E-state index is 11.6. The van der Waals surface area contributed by atoms with E-state index in [9.17, 15) is 9.59 Å². The van der Waals surface area contributed by atoms with Crippen molar-refractivity contribution in [1.82, 2.24) is 5.32 Å². The Morgan fingerprint density at radius 2 is 1.94 bits per heavy atom. The minimum absolute atomic E-state index is 0.00983. The van der Waals surface area contributed by atoms with Crippen molar-refractivity contribution in [3.05, 3.63) is 35.9 Å². The zero-order chi connectivity index (χ0) is 12.5. The van der Waals surface area contributed by atoms with Crippen LogP contribution in [0.1, 0.15) is 23.7 Å². The fourth-order valence-corrected chi connectivity index (χ4v) is 1.27. The van der Waals surface area contributed by atoms with Crippen molar-refractivity contribution >= 4 is 11.7 Å². The van der Waals surface area contributed by atoms with E-state index in [1.807, 2.05) is 13.0 Å². The largest absolute Gasteiger partial charge is 0.372 e. The van der Waals surface area contributed by atoms with Gasteiger partial charge in [0, 0.05) is 12.2 Å². The average Bonchev–Trinajstić information content (AvgIpc) is 2.37. The minimum atomic E-state index is -0.261. The average molecular weight is 235 g/mol. The van der Waals surface area contributed by atoms with E-state index in [1.54, 1.807) is 24.3 Å². The molecule has 92 valence electrons. The first kappa shape index (κ1) is 13.4. The summed E-state index contributed by atoms with van der Waals surface area (Å²) in [5.74, 6) is -0.364. The summed E-state index contributed by atoms with van der Waals surface area (Å²) < 4.78 is 5.06. The first-order valence-electron chi connectivity index (χ1n) is 5.66. The Labute approximate surface area is 101 Å². The third kappa shape index (κ3) is 5.26. The molecule has 4 nitrogen and oxygen atoms in total. The van der Waals surface area contributed by atoms with Gasteiger partial charge < -0.3 is 10.1 Å². The quantitative estimate of drug-likeness (QED) is 0.574. The van der Waals surface area contributed by atoms with Gasteiger partial charge in [-0.15, -0.1) is 0 Å². The number of nitrogens with one attached hydrogen (secondary N) is 1. The van der Waals surface area contributed by atoms with Crippen LogP contribution in [-0.2, 0) is 9.53 Å². The van der Waals surface area contributed by atoms with E-state index in [-0.39, 0.29) is 24.8 Å². The second kappa shape index (κ2) is 7.57.